The molecule has 0 aliphatic heterocycles. The third-order valence-corrected chi connectivity index (χ3v) is 4.53. The average molecular weight is 262 g/mol. The maximum atomic E-state index is 12.4. The molecule has 0 spiro atoms. The van der Waals surface area contributed by atoms with E-state index in [-0.39, 0.29) is 15.5 Å². The number of hydrogen-bond acceptors (Lipinski definition) is 3. The van der Waals surface area contributed by atoms with E-state index >= 15 is 0 Å². The topological polar surface area (TPSA) is 54.4 Å². The van der Waals surface area contributed by atoms with E-state index in [1.165, 1.54) is 18.2 Å². The van der Waals surface area contributed by atoms with Gasteiger partial charge in [0.05, 0.1) is 9.79 Å². The predicted octanol–water partition coefficient (Wildman–Crippen LogP) is 2.84. The van der Waals surface area contributed by atoms with Gasteiger partial charge in [0.25, 0.3) is 0 Å². The molecule has 0 atom stereocenters. The minimum atomic E-state index is -3.51. The molecule has 18 heavy (non-hydrogen) atoms. The van der Waals surface area contributed by atoms with Crippen LogP contribution in [0.1, 0.15) is 11.1 Å². The van der Waals surface area contributed by atoms with Crippen LogP contribution in [0.4, 0.5) is 0 Å². The third-order valence-electron chi connectivity index (χ3n) is 2.78. The van der Waals surface area contributed by atoms with Crippen molar-refractivity contribution in [3.63, 3.8) is 0 Å². The molecular formula is C14H14O3S. The summed E-state index contributed by atoms with van der Waals surface area (Å²) in [4.78, 5) is 0.469. The second-order valence-corrected chi connectivity index (χ2v) is 6.22. The number of aryl methyl sites for hydroxylation is 2. The number of hydrogen-bond donors (Lipinski definition) is 1. The van der Waals surface area contributed by atoms with Crippen molar-refractivity contribution >= 4 is 9.84 Å². The van der Waals surface area contributed by atoms with Gasteiger partial charge < -0.3 is 5.11 Å². The maximum Gasteiger partial charge on any atom is 0.206 e. The zero-order chi connectivity index (χ0) is 13.3. The summed E-state index contributed by atoms with van der Waals surface area (Å²) >= 11 is 0. The first kappa shape index (κ1) is 12.6. The van der Waals surface area contributed by atoms with Crippen LogP contribution in [0.15, 0.2) is 52.3 Å². The fourth-order valence-corrected chi connectivity index (χ4v) is 3.16. The monoisotopic (exact) mass is 262 g/mol. The van der Waals surface area contributed by atoms with Crippen molar-refractivity contribution in [2.75, 3.05) is 0 Å². The lowest BCUT2D eigenvalue weighted by atomic mass is 10.2. The van der Waals surface area contributed by atoms with E-state index in [0.717, 1.165) is 5.56 Å². The van der Waals surface area contributed by atoms with Crippen molar-refractivity contribution in [1.29, 1.82) is 0 Å². The first-order valence-corrected chi connectivity index (χ1v) is 7.01. The Bertz CT molecular complexity index is 688. The molecule has 2 rings (SSSR count). The molecule has 0 radical (unpaired) electrons. The summed E-state index contributed by atoms with van der Waals surface area (Å²) in [6.07, 6.45) is 0. The van der Waals surface area contributed by atoms with Crippen molar-refractivity contribution in [1.82, 2.24) is 0 Å². The molecule has 0 saturated carbocycles. The van der Waals surface area contributed by atoms with Crippen LogP contribution in [0.25, 0.3) is 0 Å². The highest BCUT2D eigenvalue weighted by molar-refractivity contribution is 7.91. The van der Waals surface area contributed by atoms with E-state index in [9.17, 15) is 13.5 Å². The fourth-order valence-electron chi connectivity index (χ4n) is 1.71. The molecule has 0 amide bonds. The third kappa shape index (κ3) is 2.24. The molecular weight excluding hydrogens is 248 g/mol. The van der Waals surface area contributed by atoms with Gasteiger partial charge in [-0.3, -0.25) is 0 Å². The van der Waals surface area contributed by atoms with Crippen molar-refractivity contribution in [2.45, 2.75) is 23.6 Å². The second-order valence-electron chi connectivity index (χ2n) is 4.27. The highest BCUT2D eigenvalue weighted by Crippen LogP contribution is 2.25. The Morgan fingerprint density at radius 3 is 2.22 bits per heavy atom. The zero-order valence-corrected chi connectivity index (χ0v) is 11.0. The van der Waals surface area contributed by atoms with E-state index < -0.39 is 9.84 Å². The fraction of sp³-hybridized carbons (Fsp3) is 0.143. The van der Waals surface area contributed by atoms with Crippen LogP contribution in [0.3, 0.4) is 0 Å². The predicted molar refractivity (Wildman–Crippen MR) is 69.5 cm³/mol. The highest BCUT2D eigenvalue weighted by Gasteiger charge is 2.18. The smallest absolute Gasteiger partial charge is 0.206 e. The zero-order valence-electron chi connectivity index (χ0n) is 10.2. The molecule has 2 aromatic carbocycles. The maximum absolute atomic E-state index is 12.4. The van der Waals surface area contributed by atoms with Gasteiger partial charge in [0.1, 0.15) is 5.75 Å². The minimum Gasteiger partial charge on any atom is -0.508 e. The Kier molecular flexibility index (Phi) is 3.13. The van der Waals surface area contributed by atoms with Crippen LogP contribution in [0, 0.1) is 13.8 Å². The summed E-state index contributed by atoms with van der Waals surface area (Å²) in [6, 6.07) is 11.1. The van der Waals surface area contributed by atoms with Crippen molar-refractivity contribution in [3.05, 3.63) is 53.6 Å². The van der Waals surface area contributed by atoms with Crippen molar-refractivity contribution < 1.29 is 13.5 Å². The Labute approximate surface area is 107 Å². The molecule has 0 aliphatic carbocycles. The minimum absolute atomic E-state index is 0.0955. The molecule has 0 aromatic heterocycles. The van der Waals surface area contributed by atoms with Crippen LogP contribution in [0.5, 0.6) is 5.75 Å². The molecule has 2 aromatic rings. The van der Waals surface area contributed by atoms with Gasteiger partial charge in [0.15, 0.2) is 0 Å². The summed E-state index contributed by atoms with van der Waals surface area (Å²) in [5.74, 6) is 0.0955. The summed E-state index contributed by atoms with van der Waals surface area (Å²) in [7, 11) is -3.51. The largest absolute Gasteiger partial charge is 0.508 e. The van der Waals surface area contributed by atoms with Crippen molar-refractivity contribution in [3.8, 4) is 5.75 Å². The van der Waals surface area contributed by atoms with Gasteiger partial charge in [-0.1, -0.05) is 12.1 Å². The lowest BCUT2D eigenvalue weighted by Crippen LogP contribution is -2.02. The molecule has 0 saturated heterocycles. The average Bonchev–Trinajstić information content (AvgIpc) is 2.32. The number of rotatable bonds is 2. The molecule has 94 valence electrons. The van der Waals surface area contributed by atoms with Crippen LogP contribution in [0.2, 0.25) is 0 Å². The lowest BCUT2D eigenvalue weighted by molar-refractivity contribution is 0.470. The Balaban J connectivity index is 2.58. The quantitative estimate of drug-likeness (QED) is 0.905. The summed E-state index contributed by atoms with van der Waals surface area (Å²) in [5.41, 5.74) is 1.44. The van der Waals surface area contributed by atoms with E-state index in [1.54, 1.807) is 25.1 Å². The molecule has 0 fully saturated rings. The Morgan fingerprint density at radius 1 is 0.944 bits per heavy atom. The molecule has 4 heteroatoms. The van der Waals surface area contributed by atoms with E-state index in [1.807, 2.05) is 13.0 Å². The van der Waals surface area contributed by atoms with E-state index in [4.69, 9.17) is 0 Å². The summed E-state index contributed by atoms with van der Waals surface area (Å²) in [5, 5.41) is 9.43. The van der Waals surface area contributed by atoms with Crippen LogP contribution < -0.4 is 0 Å². The van der Waals surface area contributed by atoms with Crippen molar-refractivity contribution in [2.24, 2.45) is 0 Å². The standard InChI is InChI=1S/C14H14O3S/c1-10-4-3-5-12(8-10)18(16,17)13-6-7-14(15)11(2)9-13/h3-9,15H,1-2H3. The Hall–Kier alpha value is -1.81. The van der Waals surface area contributed by atoms with Gasteiger partial charge >= 0.3 is 0 Å². The lowest BCUT2D eigenvalue weighted by Gasteiger charge is -2.07. The number of benzene rings is 2. The highest BCUT2D eigenvalue weighted by atomic mass is 32.2. The van der Waals surface area contributed by atoms with E-state index in [0.29, 0.717) is 5.56 Å². The van der Waals surface area contributed by atoms with Gasteiger partial charge in [0.2, 0.25) is 9.84 Å². The first-order chi connectivity index (χ1) is 8.41. The van der Waals surface area contributed by atoms with Crippen LogP contribution in [-0.2, 0) is 9.84 Å². The molecule has 0 aliphatic rings. The number of sulfone groups is 1. The van der Waals surface area contributed by atoms with E-state index in [2.05, 4.69) is 0 Å². The molecule has 0 heterocycles. The van der Waals surface area contributed by atoms with Gasteiger partial charge in [0, 0.05) is 0 Å². The van der Waals surface area contributed by atoms with Gasteiger partial charge in [-0.05, 0) is 55.3 Å². The molecule has 3 nitrogen and oxygen atoms in total. The van der Waals surface area contributed by atoms with Gasteiger partial charge in [-0.2, -0.15) is 0 Å². The second kappa shape index (κ2) is 4.46. The molecule has 0 bridgehead atoms. The number of phenolic OH excluding ortho intramolecular Hbond substituents is 1. The SMILES string of the molecule is Cc1cccc(S(=O)(=O)c2ccc(O)c(C)c2)c1. The normalized spacial score (nSPS) is 11.4. The Morgan fingerprint density at radius 2 is 1.61 bits per heavy atom. The van der Waals surface area contributed by atoms with Crippen LogP contribution in [-0.4, -0.2) is 13.5 Å². The summed E-state index contributed by atoms with van der Waals surface area (Å²) < 4.78 is 24.7. The first-order valence-electron chi connectivity index (χ1n) is 5.52. The number of phenols is 1. The molecule has 1 N–H and O–H groups in total. The van der Waals surface area contributed by atoms with Gasteiger partial charge in [-0.15, -0.1) is 0 Å². The number of aromatic hydroxyl groups is 1. The molecule has 0 unspecified atom stereocenters. The summed E-state index contributed by atoms with van der Waals surface area (Å²) in [6.45, 7) is 3.52. The van der Waals surface area contributed by atoms with Gasteiger partial charge in [-0.25, -0.2) is 8.42 Å². The van der Waals surface area contributed by atoms with Crippen LogP contribution >= 0.6 is 0 Å².